The molecule has 0 unspecified atom stereocenters. The Bertz CT molecular complexity index is 937. The highest BCUT2D eigenvalue weighted by molar-refractivity contribution is 5.98. The third-order valence-electron chi connectivity index (χ3n) is 5.61. The summed E-state index contributed by atoms with van der Waals surface area (Å²) in [6.07, 6.45) is 1.88. The lowest BCUT2D eigenvalue weighted by Gasteiger charge is -2.35. The van der Waals surface area contributed by atoms with Gasteiger partial charge in [0.2, 0.25) is 5.91 Å². The van der Waals surface area contributed by atoms with E-state index in [4.69, 9.17) is 4.74 Å². The first-order chi connectivity index (χ1) is 14.5. The summed E-state index contributed by atoms with van der Waals surface area (Å²) in [5.74, 6) is -0.00496. The molecule has 30 heavy (non-hydrogen) atoms. The number of halogens is 1. The molecular weight excluding hydrogens is 385 g/mol. The van der Waals surface area contributed by atoms with Gasteiger partial charge in [0, 0.05) is 49.9 Å². The van der Waals surface area contributed by atoms with Crippen molar-refractivity contribution in [2.24, 2.45) is 5.92 Å². The van der Waals surface area contributed by atoms with Crippen LogP contribution in [0.4, 0.5) is 10.1 Å². The number of hydrogen-bond donors (Lipinski definition) is 1. The number of hydrogen-bond acceptors (Lipinski definition) is 4. The molecule has 1 saturated heterocycles. The summed E-state index contributed by atoms with van der Waals surface area (Å²) in [7, 11) is 1.45. The zero-order chi connectivity index (χ0) is 21.1. The van der Waals surface area contributed by atoms with Crippen molar-refractivity contribution in [2.45, 2.75) is 19.4 Å². The molecule has 0 radical (unpaired) electrons. The van der Waals surface area contributed by atoms with Crippen molar-refractivity contribution in [3.8, 4) is 5.75 Å². The Morgan fingerprint density at radius 1 is 1.10 bits per heavy atom. The van der Waals surface area contributed by atoms with E-state index in [0.717, 1.165) is 31.5 Å². The number of carbonyl (C=O) groups is 2. The Morgan fingerprint density at radius 2 is 1.87 bits per heavy atom. The normalized spacial score (nSPS) is 16.9. The quantitative estimate of drug-likeness (QED) is 0.793. The monoisotopic (exact) mass is 411 g/mol. The Kier molecular flexibility index (Phi) is 5.99. The molecule has 0 bridgehead atoms. The summed E-state index contributed by atoms with van der Waals surface area (Å²) in [5, 5.41) is 2.89. The van der Waals surface area contributed by atoms with E-state index in [1.807, 2.05) is 17.0 Å². The van der Waals surface area contributed by atoms with E-state index in [9.17, 15) is 14.0 Å². The van der Waals surface area contributed by atoms with E-state index in [0.29, 0.717) is 30.9 Å². The molecule has 2 amide bonds. The smallest absolute Gasteiger partial charge is 0.254 e. The van der Waals surface area contributed by atoms with Crippen LogP contribution in [0.2, 0.25) is 0 Å². The van der Waals surface area contributed by atoms with E-state index in [2.05, 4.69) is 10.2 Å². The molecule has 1 N–H and O–H groups in total. The van der Waals surface area contributed by atoms with Gasteiger partial charge in [-0.05, 0) is 48.7 Å². The predicted octanol–water partition coefficient (Wildman–Crippen LogP) is 3.14. The number of nitrogens with zero attached hydrogens (tertiary/aromatic N) is 2. The van der Waals surface area contributed by atoms with Gasteiger partial charge in [0.05, 0.1) is 7.11 Å². The van der Waals surface area contributed by atoms with Crippen molar-refractivity contribution in [3.63, 3.8) is 0 Å². The van der Waals surface area contributed by atoms with E-state index in [1.54, 1.807) is 24.3 Å². The van der Waals surface area contributed by atoms with Crippen molar-refractivity contribution in [1.82, 2.24) is 9.80 Å². The van der Waals surface area contributed by atoms with E-state index in [1.165, 1.54) is 13.2 Å². The van der Waals surface area contributed by atoms with Gasteiger partial charge in [-0.25, -0.2) is 4.39 Å². The van der Waals surface area contributed by atoms with Crippen molar-refractivity contribution in [3.05, 3.63) is 59.4 Å². The number of carbonyl (C=O) groups excluding carboxylic acids is 2. The summed E-state index contributed by atoms with van der Waals surface area (Å²) in [6.45, 7) is 3.28. The molecule has 2 aromatic carbocycles. The molecule has 2 fully saturated rings. The average Bonchev–Trinajstić information content (AvgIpc) is 3.60. The number of benzene rings is 2. The Balaban J connectivity index is 1.32. The minimum Gasteiger partial charge on any atom is -0.494 e. The Labute approximate surface area is 175 Å². The second kappa shape index (κ2) is 8.83. The highest BCUT2D eigenvalue weighted by Gasteiger charge is 2.29. The topological polar surface area (TPSA) is 61.9 Å². The number of methoxy groups -OCH3 is 1. The third-order valence-corrected chi connectivity index (χ3v) is 5.61. The molecule has 1 aliphatic carbocycles. The average molecular weight is 411 g/mol. The molecule has 7 heteroatoms. The number of nitrogens with one attached hydrogen (secondary N) is 1. The van der Waals surface area contributed by atoms with E-state index >= 15 is 0 Å². The van der Waals surface area contributed by atoms with Gasteiger partial charge in [-0.2, -0.15) is 0 Å². The fourth-order valence-electron chi connectivity index (χ4n) is 3.68. The lowest BCUT2D eigenvalue weighted by atomic mass is 10.1. The first-order valence-electron chi connectivity index (χ1n) is 10.3. The molecule has 4 rings (SSSR count). The molecule has 1 heterocycles. The number of amides is 2. The van der Waals surface area contributed by atoms with Crippen LogP contribution in [0, 0.1) is 11.7 Å². The summed E-state index contributed by atoms with van der Waals surface area (Å²) in [5.41, 5.74) is 2.12. The SMILES string of the molecule is COc1ccc(CN2CCN(C(=O)c3cccc(NC(=O)C4CC4)c3)CC2)cc1F. The van der Waals surface area contributed by atoms with Gasteiger partial charge in [0.25, 0.3) is 5.91 Å². The number of piperazine rings is 1. The van der Waals surface area contributed by atoms with Crippen molar-refractivity contribution < 1.29 is 18.7 Å². The number of rotatable bonds is 6. The molecule has 1 aliphatic heterocycles. The molecule has 2 aliphatic rings. The standard InChI is InChI=1S/C23H26FN3O3/c1-30-21-8-5-16(13-20(21)24)15-26-9-11-27(12-10-26)23(29)18-3-2-4-19(14-18)25-22(28)17-6-7-17/h2-5,8,13-14,17H,6-7,9-12,15H2,1H3,(H,25,28). The highest BCUT2D eigenvalue weighted by Crippen LogP contribution is 2.30. The maximum absolute atomic E-state index is 13.9. The molecule has 158 valence electrons. The van der Waals surface area contributed by atoms with Crippen LogP contribution in [0.3, 0.4) is 0 Å². The van der Waals surface area contributed by atoms with Crippen LogP contribution in [-0.4, -0.2) is 54.9 Å². The van der Waals surface area contributed by atoms with Gasteiger partial charge in [-0.3, -0.25) is 14.5 Å². The van der Waals surface area contributed by atoms with Crippen molar-refractivity contribution in [1.29, 1.82) is 0 Å². The lowest BCUT2D eigenvalue weighted by molar-refractivity contribution is -0.117. The predicted molar refractivity (Wildman–Crippen MR) is 112 cm³/mol. The summed E-state index contributed by atoms with van der Waals surface area (Å²) in [4.78, 5) is 28.9. The fourth-order valence-corrected chi connectivity index (χ4v) is 3.68. The highest BCUT2D eigenvalue weighted by atomic mass is 19.1. The zero-order valence-electron chi connectivity index (χ0n) is 17.1. The molecule has 1 saturated carbocycles. The largest absolute Gasteiger partial charge is 0.494 e. The van der Waals surface area contributed by atoms with Gasteiger partial charge in [-0.15, -0.1) is 0 Å². The Morgan fingerprint density at radius 3 is 2.53 bits per heavy atom. The summed E-state index contributed by atoms with van der Waals surface area (Å²) in [6, 6.07) is 12.1. The van der Waals surface area contributed by atoms with Gasteiger partial charge in [0.15, 0.2) is 11.6 Å². The number of anilines is 1. The molecule has 0 spiro atoms. The molecule has 0 aromatic heterocycles. The van der Waals surface area contributed by atoms with Gasteiger partial charge >= 0.3 is 0 Å². The van der Waals surface area contributed by atoms with Crippen molar-refractivity contribution >= 4 is 17.5 Å². The third kappa shape index (κ3) is 4.79. The second-order valence-electron chi connectivity index (χ2n) is 7.88. The van der Waals surface area contributed by atoms with Crippen LogP contribution in [0.5, 0.6) is 5.75 Å². The fraction of sp³-hybridized carbons (Fsp3) is 0.391. The molecular formula is C23H26FN3O3. The minimum atomic E-state index is -0.363. The first-order valence-corrected chi connectivity index (χ1v) is 10.3. The van der Waals surface area contributed by atoms with Gasteiger partial charge < -0.3 is 15.0 Å². The maximum atomic E-state index is 13.9. The van der Waals surface area contributed by atoms with Crippen LogP contribution >= 0.6 is 0 Å². The van der Waals surface area contributed by atoms with Gasteiger partial charge in [-0.1, -0.05) is 12.1 Å². The van der Waals surface area contributed by atoms with Crippen LogP contribution in [-0.2, 0) is 11.3 Å². The summed E-state index contributed by atoms with van der Waals surface area (Å²) < 4.78 is 18.9. The van der Waals surface area contributed by atoms with Crippen LogP contribution in [0.1, 0.15) is 28.8 Å². The van der Waals surface area contributed by atoms with E-state index < -0.39 is 0 Å². The second-order valence-corrected chi connectivity index (χ2v) is 7.88. The minimum absolute atomic E-state index is 0.0307. The zero-order valence-corrected chi connectivity index (χ0v) is 17.1. The van der Waals surface area contributed by atoms with Crippen LogP contribution in [0.25, 0.3) is 0 Å². The Hall–Kier alpha value is -2.93. The van der Waals surface area contributed by atoms with Crippen LogP contribution in [0.15, 0.2) is 42.5 Å². The molecule has 2 aromatic rings. The van der Waals surface area contributed by atoms with E-state index in [-0.39, 0.29) is 29.3 Å². The van der Waals surface area contributed by atoms with Crippen LogP contribution < -0.4 is 10.1 Å². The molecule has 6 nitrogen and oxygen atoms in total. The first kappa shape index (κ1) is 20.3. The number of ether oxygens (including phenoxy) is 1. The van der Waals surface area contributed by atoms with Crippen molar-refractivity contribution in [2.75, 3.05) is 38.6 Å². The van der Waals surface area contributed by atoms with Gasteiger partial charge in [0.1, 0.15) is 0 Å². The molecule has 0 atom stereocenters. The maximum Gasteiger partial charge on any atom is 0.254 e. The lowest BCUT2D eigenvalue weighted by Crippen LogP contribution is -2.48. The summed E-state index contributed by atoms with van der Waals surface area (Å²) >= 11 is 0.